The molecule has 0 aromatic heterocycles. The lowest BCUT2D eigenvalue weighted by Gasteiger charge is -2.36. The minimum Gasteiger partial charge on any atom is -0.289 e. The molecular weight excluding hydrogens is 412 g/mol. The Morgan fingerprint density at radius 2 is 1.56 bits per heavy atom. The van der Waals surface area contributed by atoms with Crippen molar-refractivity contribution in [3.05, 3.63) is 95.1 Å². The third kappa shape index (κ3) is 5.35. The lowest BCUT2D eigenvalue weighted by molar-refractivity contribution is 0.103. The Balaban J connectivity index is 1.76. The van der Waals surface area contributed by atoms with E-state index in [0.717, 1.165) is 45.6 Å². The third-order valence-corrected chi connectivity index (χ3v) is 7.81. The van der Waals surface area contributed by atoms with Crippen molar-refractivity contribution >= 4 is 5.78 Å². The van der Waals surface area contributed by atoms with Gasteiger partial charge in [0, 0.05) is 11.1 Å². The molecule has 0 N–H and O–H groups in total. The Bertz CT molecular complexity index is 1110. The summed E-state index contributed by atoms with van der Waals surface area (Å²) in [4.78, 5) is 14.1. The van der Waals surface area contributed by atoms with Gasteiger partial charge < -0.3 is 0 Å². The van der Waals surface area contributed by atoms with Crippen LogP contribution in [0, 0.1) is 17.8 Å². The molecule has 3 aromatic carbocycles. The minimum absolute atomic E-state index is 0.146. The fraction of sp³-hybridized carbons (Fsp3) is 0.424. The SMILES string of the molecule is CC(C)C[C@H]1CC(c2ccc(-c3ccccc3)c(C(=O)c3ccccc3C(C)C)c2)CCC1C. The summed E-state index contributed by atoms with van der Waals surface area (Å²) in [5, 5.41) is 0. The maximum absolute atomic E-state index is 14.1. The van der Waals surface area contributed by atoms with Gasteiger partial charge in [0.05, 0.1) is 0 Å². The molecule has 1 saturated carbocycles. The molecule has 0 amide bonds. The number of hydrogen-bond acceptors (Lipinski definition) is 1. The quantitative estimate of drug-likeness (QED) is 0.326. The van der Waals surface area contributed by atoms with Crippen molar-refractivity contribution in [1.82, 2.24) is 0 Å². The molecule has 0 aliphatic heterocycles. The first-order valence-corrected chi connectivity index (χ1v) is 13.2. The molecule has 4 rings (SSSR count). The van der Waals surface area contributed by atoms with Crippen LogP contribution in [0.15, 0.2) is 72.8 Å². The van der Waals surface area contributed by atoms with Crippen LogP contribution in [0.4, 0.5) is 0 Å². The van der Waals surface area contributed by atoms with Crippen molar-refractivity contribution in [3.8, 4) is 11.1 Å². The molecule has 3 aromatic rings. The molecule has 1 fully saturated rings. The first-order chi connectivity index (χ1) is 16.3. The maximum atomic E-state index is 14.1. The maximum Gasteiger partial charge on any atom is 0.193 e. The average Bonchev–Trinajstić information content (AvgIpc) is 2.85. The molecule has 2 unspecified atom stereocenters. The summed E-state index contributed by atoms with van der Waals surface area (Å²) in [6.07, 6.45) is 5.03. The topological polar surface area (TPSA) is 17.1 Å². The molecule has 0 radical (unpaired) electrons. The molecule has 1 aliphatic rings. The smallest absolute Gasteiger partial charge is 0.193 e. The summed E-state index contributed by atoms with van der Waals surface area (Å²) >= 11 is 0. The van der Waals surface area contributed by atoms with Gasteiger partial charge in [-0.25, -0.2) is 0 Å². The molecule has 3 atom stereocenters. The van der Waals surface area contributed by atoms with E-state index < -0.39 is 0 Å². The molecule has 34 heavy (non-hydrogen) atoms. The second-order valence-corrected chi connectivity index (χ2v) is 11.1. The number of carbonyl (C=O) groups is 1. The molecule has 178 valence electrons. The van der Waals surface area contributed by atoms with Crippen LogP contribution in [0.2, 0.25) is 0 Å². The van der Waals surface area contributed by atoms with Crippen molar-refractivity contribution < 1.29 is 4.79 Å². The second kappa shape index (κ2) is 10.7. The van der Waals surface area contributed by atoms with Gasteiger partial charge in [-0.15, -0.1) is 0 Å². The van der Waals surface area contributed by atoms with E-state index in [9.17, 15) is 4.79 Å². The van der Waals surface area contributed by atoms with Gasteiger partial charge in [0.2, 0.25) is 0 Å². The van der Waals surface area contributed by atoms with Crippen LogP contribution >= 0.6 is 0 Å². The van der Waals surface area contributed by atoms with E-state index in [1.807, 2.05) is 24.3 Å². The van der Waals surface area contributed by atoms with Gasteiger partial charge in [-0.1, -0.05) is 101 Å². The number of benzene rings is 3. The van der Waals surface area contributed by atoms with Gasteiger partial charge in [0.15, 0.2) is 5.78 Å². The normalized spacial score (nSPS) is 20.6. The molecule has 0 spiro atoms. The van der Waals surface area contributed by atoms with E-state index in [4.69, 9.17) is 0 Å². The zero-order valence-corrected chi connectivity index (χ0v) is 21.6. The lowest BCUT2D eigenvalue weighted by Crippen LogP contribution is -2.23. The average molecular weight is 453 g/mol. The number of ketones is 1. The summed E-state index contributed by atoms with van der Waals surface area (Å²) in [5.41, 5.74) is 6.29. The lowest BCUT2D eigenvalue weighted by atomic mass is 9.69. The van der Waals surface area contributed by atoms with E-state index in [2.05, 4.69) is 83.1 Å². The van der Waals surface area contributed by atoms with Crippen molar-refractivity contribution in [2.45, 2.75) is 72.1 Å². The summed E-state index contributed by atoms with van der Waals surface area (Å²) in [6.45, 7) is 11.4. The highest BCUT2D eigenvalue weighted by molar-refractivity contribution is 6.13. The van der Waals surface area contributed by atoms with Crippen LogP contribution < -0.4 is 0 Å². The zero-order chi connectivity index (χ0) is 24.2. The van der Waals surface area contributed by atoms with E-state index in [1.165, 1.54) is 31.2 Å². The highest BCUT2D eigenvalue weighted by atomic mass is 16.1. The molecule has 1 heteroatoms. The Labute approximate surface area is 206 Å². The molecule has 0 saturated heterocycles. The van der Waals surface area contributed by atoms with Gasteiger partial charge in [-0.2, -0.15) is 0 Å². The fourth-order valence-electron chi connectivity index (χ4n) is 5.88. The van der Waals surface area contributed by atoms with Crippen LogP contribution in [0.5, 0.6) is 0 Å². The molecular formula is C33H40O. The highest BCUT2D eigenvalue weighted by Crippen LogP contribution is 2.43. The van der Waals surface area contributed by atoms with E-state index >= 15 is 0 Å². The van der Waals surface area contributed by atoms with Gasteiger partial charge in [-0.05, 0) is 83.6 Å². The first-order valence-electron chi connectivity index (χ1n) is 13.2. The van der Waals surface area contributed by atoms with Gasteiger partial charge in [0.1, 0.15) is 0 Å². The highest BCUT2D eigenvalue weighted by Gasteiger charge is 2.30. The summed E-state index contributed by atoms with van der Waals surface area (Å²) in [6, 6.07) is 25.2. The Morgan fingerprint density at radius 1 is 0.853 bits per heavy atom. The summed E-state index contributed by atoms with van der Waals surface area (Å²) in [5.74, 6) is 3.29. The van der Waals surface area contributed by atoms with Gasteiger partial charge in [-0.3, -0.25) is 4.79 Å². The predicted octanol–water partition coefficient (Wildman–Crippen LogP) is 9.27. The molecule has 0 bridgehead atoms. The van der Waals surface area contributed by atoms with Crippen molar-refractivity contribution in [2.75, 3.05) is 0 Å². The second-order valence-electron chi connectivity index (χ2n) is 11.1. The Kier molecular flexibility index (Phi) is 7.71. The van der Waals surface area contributed by atoms with Gasteiger partial charge >= 0.3 is 0 Å². The summed E-state index contributed by atoms with van der Waals surface area (Å²) in [7, 11) is 0. The van der Waals surface area contributed by atoms with Crippen LogP contribution in [0.1, 0.15) is 99.2 Å². The molecule has 1 aliphatic carbocycles. The van der Waals surface area contributed by atoms with Crippen LogP contribution in [-0.4, -0.2) is 5.78 Å². The van der Waals surface area contributed by atoms with Crippen molar-refractivity contribution in [2.24, 2.45) is 17.8 Å². The number of carbonyl (C=O) groups excluding carboxylic acids is 1. The summed E-state index contributed by atoms with van der Waals surface area (Å²) < 4.78 is 0. The van der Waals surface area contributed by atoms with Crippen LogP contribution in [0.3, 0.4) is 0 Å². The monoisotopic (exact) mass is 452 g/mol. The van der Waals surface area contributed by atoms with Crippen LogP contribution in [0.25, 0.3) is 11.1 Å². The predicted molar refractivity (Wildman–Crippen MR) is 145 cm³/mol. The van der Waals surface area contributed by atoms with E-state index in [1.54, 1.807) is 0 Å². The fourth-order valence-corrected chi connectivity index (χ4v) is 5.88. The Morgan fingerprint density at radius 3 is 2.26 bits per heavy atom. The van der Waals surface area contributed by atoms with E-state index in [-0.39, 0.29) is 5.78 Å². The standard InChI is InChI=1S/C33H40O/c1-22(2)19-28-20-26(16-15-24(28)5)27-17-18-30(25-11-7-6-8-12-25)32(21-27)33(34)31-14-10-9-13-29(31)23(3)4/h6-14,17-18,21-24,26,28H,15-16,19-20H2,1-5H3/t24?,26?,28-/m0/s1. The Hall–Kier alpha value is -2.67. The zero-order valence-electron chi connectivity index (χ0n) is 21.6. The third-order valence-electron chi connectivity index (χ3n) is 7.81. The largest absolute Gasteiger partial charge is 0.289 e. The van der Waals surface area contributed by atoms with Gasteiger partial charge in [0.25, 0.3) is 0 Å². The number of hydrogen-bond donors (Lipinski definition) is 0. The first kappa shape index (κ1) is 24.5. The minimum atomic E-state index is 0.146. The molecule has 1 nitrogen and oxygen atoms in total. The van der Waals surface area contributed by atoms with E-state index in [0.29, 0.717) is 11.8 Å². The van der Waals surface area contributed by atoms with Crippen LogP contribution in [-0.2, 0) is 0 Å². The molecule has 0 heterocycles. The van der Waals surface area contributed by atoms with Crippen molar-refractivity contribution in [1.29, 1.82) is 0 Å². The van der Waals surface area contributed by atoms with Crippen molar-refractivity contribution in [3.63, 3.8) is 0 Å². The number of rotatable bonds is 7.